The summed E-state index contributed by atoms with van der Waals surface area (Å²) >= 11 is 0. The van der Waals surface area contributed by atoms with Crippen LogP contribution < -0.4 is 5.73 Å². The molecule has 1 rings (SSSR count). The highest BCUT2D eigenvalue weighted by Crippen LogP contribution is 2.03. The zero-order chi connectivity index (χ0) is 11.3. The second-order valence-electron chi connectivity index (χ2n) is 3.69. The van der Waals surface area contributed by atoms with Gasteiger partial charge in [-0.05, 0) is 12.8 Å². The molecule has 0 bridgehead atoms. The van der Waals surface area contributed by atoms with Crippen molar-refractivity contribution >= 4 is 5.78 Å². The van der Waals surface area contributed by atoms with Crippen LogP contribution in [0.1, 0.15) is 32.5 Å². The molecule has 0 aromatic carbocycles. The number of hydrogen-bond acceptors (Lipinski definition) is 3. The van der Waals surface area contributed by atoms with Gasteiger partial charge in [-0.25, -0.2) is 4.98 Å². The van der Waals surface area contributed by atoms with E-state index in [2.05, 4.69) is 11.9 Å². The lowest BCUT2D eigenvalue weighted by Crippen LogP contribution is -2.31. The molecule has 84 valence electrons. The predicted molar refractivity (Wildman–Crippen MR) is 59.5 cm³/mol. The highest BCUT2D eigenvalue weighted by molar-refractivity contribution is 5.85. The number of rotatable bonds is 6. The Morgan fingerprint density at radius 2 is 2.33 bits per heavy atom. The van der Waals surface area contributed by atoms with E-state index in [0.717, 1.165) is 18.8 Å². The van der Waals surface area contributed by atoms with Gasteiger partial charge in [0, 0.05) is 18.9 Å². The van der Waals surface area contributed by atoms with Crippen LogP contribution in [0.2, 0.25) is 0 Å². The third kappa shape index (κ3) is 3.16. The lowest BCUT2D eigenvalue weighted by molar-refractivity contribution is -0.119. The quantitative estimate of drug-likeness (QED) is 0.764. The SMILES string of the molecule is CCCn1ccnc1CC(=O)C(N)CC. The van der Waals surface area contributed by atoms with Gasteiger partial charge in [0.2, 0.25) is 0 Å². The standard InChI is InChI=1S/C11H19N3O/c1-3-6-14-7-5-13-11(14)8-10(15)9(12)4-2/h5,7,9H,3-4,6,8,12H2,1-2H3. The van der Waals surface area contributed by atoms with Crippen LogP contribution in [0.15, 0.2) is 12.4 Å². The molecule has 0 radical (unpaired) electrons. The van der Waals surface area contributed by atoms with Crippen LogP contribution in [-0.4, -0.2) is 21.4 Å². The average molecular weight is 209 g/mol. The molecule has 1 heterocycles. The normalized spacial score (nSPS) is 12.7. The fourth-order valence-electron chi connectivity index (χ4n) is 1.47. The Hall–Kier alpha value is -1.16. The highest BCUT2D eigenvalue weighted by atomic mass is 16.1. The van der Waals surface area contributed by atoms with Gasteiger partial charge >= 0.3 is 0 Å². The van der Waals surface area contributed by atoms with Gasteiger partial charge in [-0.15, -0.1) is 0 Å². The first-order valence-electron chi connectivity index (χ1n) is 5.47. The molecule has 0 amide bonds. The molecule has 1 atom stereocenters. The number of imidazole rings is 1. The van der Waals surface area contributed by atoms with Crippen molar-refractivity contribution < 1.29 is 4.79 Å². The molecule has 0 spiro atoms. The molecular weight excluding hydrogens is 190 g/mol. The Bertz CT molecular complexity index is 319. The van der Waals surface area contributed by atoms with E-state index >= 15 is 0 Å². The van der Waals surface area contributed by atoms with E-state index in [1.54, 1.807) is 6.20 Å². The van der Waals surface area contributed by atoms with Crippen molar-refractivity contribution in [2.24, 2.45) is 5.73 Å². The molecule has 0 aliphatic carbocycles. The van der Waals surface area contributed by atoms with Crippen molar-refractivity contribution in [3.8, 4) is 0 Å². The number of hydrogen-bond donors (Lipinski definition) is 1. The van der Waals surface area contributed by atoms with Crippen molar-refractivity contribution in [1.82, 2.24) is 9.55 Å². The Balaban J connectivity index is 2.63. The lowest BCUT2D eigenvalue weighted by atomic mass is 10.1. The maximum Gasteiger partial charge on any atom is 0.157 e. The summed E-state index contributed by atoms with van der Waals surface area (Å²) < 4.78 is 2.01. The Kier molecular flexibility index (Phi) is 4.49. The van der Waals surface area contributed by atoms with Crippen molar-refractivity contribution in [1.29, 1.82) is 0 Å². The summed E-state index contributed by atoms with van der Waals surface area (Å²) in [5, 5.41) is 0. The number of aromatic nitrogens is 2. The summed E-state index contributed by atoms with van der Waals surface area (Å²) in [7, 11) is 0. The minimum absolute atomic E-state index is 0.0704. The number of ketones is 1. The first-order chi connectivity index (χ1) is 7.19. The van der Waals surface area contributed by atoms with E-state index in [0.29, 0.717) is 12.8 Å². The molecule has 0 saturated heterocycles. The third-order valence-electron chi connectivity index (χ3n) is 2.45. The van der Waals surface area contributed by atoms with Crippen LogP contribution in [0.25, 0.3) is 0 Å². The second-order valence-corrected chi connectivity index (χ2v) is 3.69. The Labute approximate surface area is 90.5 Å². The van der Waals surface area contributed by atoms with Crippen molar-refractivity contribution in [3.05, 3.63) is 18.2 Å². The summed E-state index contributed by atoms with van der Waals surface area (Å²) in [5.74, 6) is 0.895. The number of carbonyl (C=O) groups is 1. The Morgan fingerprint density at radius 3 is 2.93 bits per heavy atom. The fourth-order valence-corrected chi connectivity index (χ4v) is 1.47. The molecule has 0 aliphatic heterocycles. The predicted octanol–water partition coefficient (Wildman–Crippen LogP) is 1.14. The molecule has 2 N–H and O–H groups in total. The van der Waals surface area contributed by atoms with Crippen LogP contribution in [0.5, 0.6) is 0 Å². The van der Waals surface area contributed by atoms with E-state index in [-0.39, 0.29) is 11.8 Å². The van der Waals surface area contributed by atoms with E-state index in [4.69, 9.17) is 5.73 Å². The number of aryl methyl sites for hydroxylation is 1. The van der Waals surface area contributed by atoms with Gasteiger partial charge < -0.3 is 10.3 Å². The zero-order valence-electron chi connectivity index (χ0n) is 9.44. The van der Waals surface area contributed by atoms with Crippen LogP contribution >= 0.6 is 0 Å². The molecule has 0 saturated carbocycles. The average Bonchev–Trinajstić information content (AvgIpc) is 2.65. The number of nitrogens with zero attached hydrogens (tertiary/aromatic N) is 2. The summed E-state index contributed by atoms with van der Waals surface area (Å²) in [6, 6.07) is -0.350. The van der Waals surface area contributed by atoms with Crippen LogP contribution in [0.4, 0.5) is 0 Å². The van der Waals surface area contributed by atoms with Crippen LogP contribution in [-0.2, 0) is 17.8 Å². The van der Waals surface area contributed by atoms with E-state index in [9.17, 15) is 4.79 Å². The van der Waals surface area contributed by atoms with E-state index in [1.807, 2.05) is 17.7 Å². The van der Waals surface area contributed by atoms with Crippen LogP contribution in [0.3, 0.4) is 0 Å². The third-order valence-corrected chi connectivity index (χ3v) is 2.45. The first kappa shape index (κ1) is 11.9. The molecule has 1 aromatic heterocycles. The monoisotopic (exact) mass is 209 g/mol. The Morgan fingerprint density at radius 1 is 1.60 bits per heavy atom. The summed E-state index contributed by atoms with van der Waals surface area (Å²) in [6.45, 7) is 4.93. The summed E-state index contributed by atoms with van der Waals surface area (Å²) in [6.07, 6.45) is 5.71. The van der Waals surface area contributed by atoms with Gasteiger partial charge in [-0.3, -0.25) is 4.79 Å². The van der Waals surface area contributed by atoms with Crippen molar-refractivity contribution in [2.75, 3.05) is 0 Å². The highest BCUT2D eigenvalue weighted by Gasteiger charge is 2.14. The molecule has 4 nitrogen and oxygen atoms in total. The molecule has 0 aliphatic rings. The van der Waals surface area contributed by atoms with Crippen molar-refractivity contribution in [2.45, 2.75) is 45.7 Å². The van der Waals surface area contributed by atoms with Crippen LogP contribution in [0, 0.1) is 0 Å². The first-order valence-corrected chi connectivity index (χ1v) is 5.47. The van der Waals surface area contributed by atoms with E-state index in [1.165, 1.54) is 0 Å². The molecule has 15 heavy (non-hydrogen) atoms. The minimum atomic E-state index is -0.350. The molecule has 1 unspecified atom stereocenters. The second kappa shape index (κ2) is 5.66. The summed E-state index contributed by atoms with van der Waals surface area (Å²) in [4.78, 5) is 15.8. The zero-order valence-corrected chi connectivity index (χ0v) is 9.44. The molecule has 1 aromatic rings. The smallest absolute Gasteiger partial charge is 0.157 e. The molecule has 4 heteroatoms. The largest absolute Gasteiger partial charge is 0.335 e. The van der Waals surface area contributed by atoms with Gasteiger partial charge in [0.05, 0.1) is 12.5 Å². The minimum Gasteiger partial charge on any atom is -0.335 e. The molecule has 0 fully saturated rings. The van der Waals surface area contributed by atoms with Gasteiger partial charge in [0.25, 0.3) is 0 Å². The van der Waals surface area contributed by atoms with E-state index < -0.39 is 0 Å². The van der Waals surface area contributed by atoms with Crippen molar-refractivity contribution in [3.63, 3.8) is 0 Å². The summed E-state index contributed by atoms with van der Waals surface area (Å²) in [5.41, 5.74) is 5.67. The number of carbonyl (C=O) groups excluding carboxylic acids is 1. The lowest BCUT2D eigenvalue weighted by Gasteiger charge is -2.09. The maximum absolute atomic E-state index is 11.6. The maximum atomic E-state index is 11.6. The number of Topliss-reactive ketones (excluding diaryl/α,β-unsaturated/α-hetero) is 1. The van der Waals surface area contributed by atoms with Gasteiger partial charge in [-0.2, -0.15) is 0 Å². The topological polar surface area (TPSA) is 60.9 Å². The molecular formula is C11H19N3O. The number of nitrogens with two attached hydrogens (primary N) is 1. The van der Waals surface area contributed by atoms with Gasteiger partial charge in [-0.1, -0.05) is 13.8 Å². The fraction of sp³-hybridized carbons (Fsp3) is 0.636. The van der Waals surface area contributed by atoms with Gasteiger partial charge in [0.15, 0.2) is 5.78 Å². The van der Waals surface area contributed by atoms with Gasteiger partial charge in [0.1, 0.15) is 5.82 Å².